The quantitative estimate of drug-likeness (QED) is 0.516. The number of amides is 1. The van der Waals surface area contributed by atoms with Crippen LogP contribution in [0.3, 0.4) is 0 Å². The van der Waals surface area contributed by atoms with Crippen LogP contribution in [0.25, 0.3) is 16.8 Å². The van der Waals surface area contributed by atoms with Crippen LogP contribution in [0.2, 0.25) is 5.02 Å². The van der Waals surface area contributed by atoms with Gasteiger partial charge < -0.3 is 20.3 Å². The number of hydrogen-bond donors (Lipinski definition) is 2. The molecule has 1 aliphatic heterocycles. The zero-order chi connectivity index (χ0) is 24.5. The zero-order valence-corrected chi connectivity index (χ0v) is 20.4. The Morgan fingerprint density at radius 3 is 2.80 bits per heavy atom. The lowest BCUT2D eigenvalue weighted by Gasteiger charge is -2.36. The topological polar surface area (TPSA) is 84.3 Å². The van der Waals surface area contributed by atoms with E-state index in [-0.39, 0.29) is 28.8 Å². The summed E-state index contributed by atoms with van der Waals surface area (Å²) >= 11 is 6.34. The Morgan fingerprint density at radius 2 is 2.03 bits per heavy atom. The Morgan fingerprint density at radius 1 is 1.20 bits per heavy atom. The molecule has 2 fully saturated rings. The maximum Gasteiger partial charge on any atom is 0.254 e. The SMILES string of the molecule is CO[C@@H]1CN(C)CCC1Nc1cncc(-n2cc(-c3cc(C(=O)NC4CC4)c(F)cc3Cl)cn2)c1. The molecular weight excluding hydrogens is 471 g/mol. The molecule has 1 saturated carbocycles. The lowest BCUT2D eigenvalue weighted by molar-refractivity contribution is 0.0312. The van der Waals surface area contributed by atoms with E-state index in [4.69, 9.17) is 16.3 Å². The number of halogens is 2. The average Bonchev–Trinajstić information content (AvgIpc) is 3.52. The normalized spacial score (nSPS) is 20.6. The largest absolute Gasteiger partial charge is 0.378 e. The summed E-state index contributed by atoms with van der Waals surface area (Å²) in [5.74, 6) is -1.07. The number of nitrogens with zero attached hydrogens (tertiary/aromatic N) is 4. The van der Waals surface area contributed by atoms with Crippen LogP contribution < -0.4 is 10.6 Å². The first kappa shape index (κ1) is 23.7. The standard InChI is InChI=1S/C25H28ClFN6O2/c1-32-6-5-23(24(14-32)35-2)30-17-7-18(12-28-11-17)33-13-15(10-29-33)19-8-20(22(27)9-21(19)26)25(34)31-16-3-4-16/h7-13,16,23-24,30H,3-6,14H2,1-2H3,(H,31,34)/t23?,24-/m1/s1. The lowest BCUT2D eigenvalue weighted by atomic mass is 10.0. The molecule has 1 saturated heterocycles. The summed E-state index contributed by atoms with van der Waals surface area (Å²) in [5.41, 5.74) is 2.81. The van der Waals surface area contributed by atoms with Crippen molar-refractivity contribution in [1.82, 2.24) is 25.0 Å². The number of aromatic nitrogens is 3. The minimum atomic E-state index is -0.643. The molecule has 0 bridgehead atoms. The first-order valence-corrected chi connectivity index (χ1v) is 12.1. The third kappa shape index (κ3) is 5.32. The van der Waals surface area contributed by atoms with Gasteiger partial charge in [0.2, 0.25) is 0 Å². The Balaban J connectivity index is 1.37. The van der Waals surface area contributed by atoms with E-state index in [0.29, 0.717) is 11.1 Å². The van der Waals surface area contributed by atoms with Crippen molar-refractivity contribution in [2.24, 2.45) is 0 Å². The second-order valence-electron chi connectivity index (χ2n) is 9.24. The number of hydrogen-bond acceptors (Lipinski definition) is 6. The van der Waals surface area contributed by atoms with E-state index in [2.05, 4.69) is 32.7 Å². The number of benzene rings is 1. The number of piperidine rings is 1. The van der Waals surface area contributed by atoms with Gasteiger partial charge in [-0.1, -0.05) is 11.6 Å². The maximum absolute atomic E-state index is 14.5. The molecule has 1 amide bonds. The first-order valence-electron chi connectivity index (χ1n) is 11.7. The second kappa shape index (κ2) is 9.93. The third-order valence-electron chi connectivity index (χ3n) is 6.51. The average molecular weight is 499 g/mol. The van der Waals surface area contributed by atoms with Gasteiger partial charge in [0.25, 0.3) is 5.91 Å². The van der Waals surface area contributed by atoms with Crippen LogP contribution in [-0.4, -0.2) is 71.0 Å². The molecule has 1 aliphatic carbocycles. The minimum Gasteiger partial charge on any atom is -0.378 e. The highest BCUT2D eigenvalue weighted by Gasteiger charge is 2.28. The molecular formula is C25H28ClFN6O2. The monoisotopic (exact) mass is 498 g/mol. The van der Waals surface area contributed by atoms with Crippen molar-refractivity contribution in [3.8, 4) is 16.8 Å². The Bertz CT molecular complexity index is 1230. The summed E-state index contributed by atoms with van der Waals surface area (Å²) in [6, 6.07) is 4.94. The summed E-state index contributed by atoms with van der Waals surface area (Å²) in [5, 5.41) is 11.0. The van der Waals surface area contributed by atoms with Crippen molar-refractivity contribution in [3.63, 3.8) is 0 Å². The molecule has 0 spiro atoms. The highest BCUT2D eigenvalue weighted by atomic mass is 35.5. The summed E-state index contributed by atoms with van der Waals surface area (Å²) in [7, 11) is 3.83. The smallest absolute Gasteiger partial charge is 0.254 e. The van der Waals surface area contributed by atoms with Crippen molar-refractivity contribution in [2.75, 3.05) is 32.6 Å². The molecule has 0 radical (unpaired) electrons. The Hall–Kier alpha value is -3.01. The molecule has 2 atom stereocenters. The molecule has 8 nitrogen and oxygen atoms in total. The van der Waals surface area contributed by atoms with E-state index in [1.807, 2.05) is 6.07 Å². The number of anilines is 1. The van der Waals surface area contributed by atoms with Crippen molar-refractivity contribution in [3.05, 3.63) is 59.4 Å². The van der Waals surface area contributed by atoms with Crippen LogP contribution in [0.4, 0.5) is 10.1 Å². The number of carbonyl (C=O) groups is 1. The third-order valence-corrected chi connectivity index (χ3v) is 6.83. The minimum absolute atomic E-state index is 0.0252. The van der Waals surface area contributed by atoms with E-state index in [0.717, 1.165) is 43.7 Å². The number of carbonyl (C=O) groups excluding carboxylic acids is 1. The van der Waals surface area contributed by atoms with E-state index < -0.39 is 11.7 Å². The Kier molecular flexibility index (Phi) is 6.73. The van der Waals surface area contributed by atoms with Gasteiger partial charge in [-0.05, 0) is 51.1 Å². The molecule has 5 rings (SSSR count). The maximum atomic E-state index is 14.5. The van der Waals surface area contributed by atoms with Crippen molar-refractivity contribution >= 4 is 23.2 Å². The van der Waals surface area contributed by atoms with Gasteiger partial charge in [-0.3, -0.25) is 9.78 Å². The van der Waals surface area contributed by atoms with Gasteiger partial charge in [-0.15, -0.1) is 0 Å². The summed E-state index contributed by atoms with van der Waals surface area (Å²) in [4.78, 5) is 19.1. The van der Waals surface area contributed by atoms with Crippen LogP contribution in [0, 0.1) is 5.82 Å². The molecule has 2 N–H and O–H groups in total. The molecule has 3 heterocycles. The summed E-state index contributed by atoms with van der Waals surface area (Å²) in [6.07, 6.45) is 9.81. The Labute approximate surface area is 208 Å². The lowest BCUT2D eigenvalue weighted by Crippen LogP contribution is -2.49. The molecule has 35 heavy (non-hydrogen) atoms. The number of methoxy groups -OCH3 is 1. The van der Waals surface area contributed by atoms with Crippen LogP contribution in [0.1, 0.15) is 29.6 Å². The number of likely N-dealkylation sites (tertiary alicyclic amines) is 1. The highest BCUT2D eigenvalue weighted by Crippen LogP contribution is 2.31. The number of nitrogens with one attached hydrogen (secondary N) is 2. The van der Waals surface area contributed by atoms with Gasteiger partial charge in [0, 0.05) is 37.0 Å². The number of likely N-dealkylation sites (N-methyl/N-ethyl adjacent to an activating group) is 1. The summed E-state index contributed by atoms with van der Waals surface area (Å²) in [6.45, 7) is 1.86. The van der Waals surface area contributed by atoms with E-state index in [1.54, 1.807) is 36.6 Å². The predicted octanol–water partition coefficient (Wildman–Crippen LogP) is 3.75. The van der Waals surface area contributed by atoms with E-state index in [9.17, 15) is 9.18 Å². The molecule has 2 aromatic heterocycles. The van der Waals surface area contributed by atoms with Crippen molar-refractivity contribution in [2.45, 2.75) is 37.5 Å². The number of pyridine rings is 1. The molecule has 3 aromatic rings. The number of ether oxygens (including phenoxy) is 1. The molecule has 10 heteroatoms. The molecule has 1 aromatic carbocycles. The molecule has 184 valence electrons. The molecule has 2 aliphatic rings. The van der Waals surface area contributed by atoms with Crippen LogP contribution in [-0.2, 0) is 4.74 Å². The van der Waals surface area contributed by atoms with Crippen molar-refractivity contribution < 1.29 is 13.9 Å². The van der Waals surface area contributed by atoms with E-state index in [1.165, 1.54) is 12.1 Å². The van der Waals surface area contributed by atoms with E-state index >= 15 is 0 Å². The van der Waals surface area contributed by atoms with Gasteiger partial charge in [-0.25, -0.2) is 9.07 Å². The summed E-state index contributed by atoms with van der Waals surface area (Å²) < 4.78 is 21.8. The van der Waals surface area contributed by atoms with Crippen LogP contribution >= 0.6 is 11.6 Å². The number of rotatable bonds is 7. The fourth-order valence-corrected chi connectivity index (χ4v) is 4.62. The second-order valence-corrected chi connectivity index (χ2v) is 9.65. The zero-order valence-electron chi connectivity index (χ0n) is 19.7. The van der Waals surface area contributed by atoms with Gasteiger partial charge in [0.05, 0.1) is 52.7 Å². The van der Waals surface area contributed by atoms with Crippen LogP contribution in [0.15, 0.2) is 43.0 Å². The van der Waals surface area contributed by atoms with Gasteiger partial charge in [0.15, 0.2) is 0 Å². The van der Waals surface area contributed by atoms with Gasteiger partial charge >= 0.3 is 0 Å². The van der Waals surface area contributed by atoms with Crippen molar-refractivity contribution in [1.29, 1.82) is 0 Å². The highest BCUT2D eigenvalue weighted by molar-refractivity contribution is 6.33. The first-order chi connectivity index (χ1) is 16.9. The fraction of sp³-hybridized carbons (Fsp3) is 0.400. The fourth-order valence-electron chi connectivity index (χ4n) is 4.36. The van der Waals surface area contributed by atoms with Gasteiger partial charge in [0.1, 0.15) is 5.82 Å². The van der Waals surface area contributed by atoms with Crippen LogP contribution in [0.5, 0.6) is 0 Å². The van der Waals surface area contributed by atoms with Gasteiger partial charge in [-0.2, -0.15) is 5.10 Å². The predicted molar refractivity (Wildman–Crippen MR) is 133 cm³/mol. The molecule has 1 unspecified atom stereocenters.